The fourth-order valence-corrected chi connectivity index (χ4v) is 4.24. The Labute approximate surface area is 141 Å². The second-order valence-electron chi connectivity index (χ2n) is 5.99. The molecular formula is C17H21N2OS2+. The number of thiocarbonyl (C=S) groups is 1. The molecule has 2 heterocycles. The van der Waals surface area contributed by atoms with Crippen LogP contribution in [0.1, 0.15) is 30.4 Å². The lowest BCUT2D eigenvalue weighted by atomic mass is 10.1. The molecular weight excluding hydrogens is 312 g/mol. The topological polar surface area (TPSA) is 24.8 Å². The summed E-state index contributed by atoms with van der Waals surface area (Å²) >= 11 is 6.85. The summed E-state index contributed by atoms with van der Waals surface area (Å²) in [6.07, 6.45) is 5.78. The lowest BCUT2D eigenvalue weighted by Gasteiger charge is -2.27. The normalized spacial score (nSPS) is 21.9. The third-order valence-corrected chi connectivity index (χ3v) is 5.53. The molecule has 2 fully saturated rings. The molecule has 1 aromatic carbocycles. The Balaban J connectivity index is 1.73. The highest BCUT2D eigenvalue weighted by Crippen LogP contribution is 2.31. The number of nitrogens with one attached hydrogen (secondary N) is 1. The zero-order valence-corrected chi connectivity index (χ0v) is 14.4. The maximum atomic E-state index is 12.6. The van der Waals surface area contributed by atoms with Crippen LogP contribution in [0.3, 0.4) is 0 Å². The van der Waals surface area contributed by atoms with Crippen LogP contribution < -0.4 is 4.90 Å². The zero-order chi connectivity index (χ0) is 15.5. The Morgan fingerprint density at radius 2 is 2.09 bits per heavy atom. The lowest BCUT2D eigenvalue weighted by molar-refractivity contribution is -0.911. The number of thioether (sulfide) groups is 1. The van der Waals surface area contributed by atoms with Gasteiger partial charge in [-0.05, 0) is 37.8 Å². The third kappa shape index (κ3) is 3.59. The van der Waals surface area contributed by atoms with Crippen LogP contribution in [-0.2, 0) is 4.79 Å². The van der Waals surface area contributed by atoms with Crippen molar-refractivity contribution in [1.29, 1.82) is 0 Å². The van der Waals surface area contributed by atoms with Crippen molar-refractivity contribution < 1.29 is 9.69 Å². The van der Waals surface area contributed by atoms with Crippen LogP contribution >= 0.6 is 24.0 Å². The Kier molecular flexibility index (Phi) is 4.96. The second kappa shape index (κ2) is 6.94. The van der Waals surface area contributed by atoms with Crippen molar-refractivity contribution in [2.24, 2.45) is 0 Å². The van der Waals surface area contributed by atoms with E-state index in [-0.39, 0.29) is 5.91 Å². The molecule has 2 saturated heterocycles. The van der Waals surface area contributed by atoms with Crippen molar-refractivity contribution in [2.45, 2.75) is 26.2 Å². The van der Waals surface area contributed by atoms with Gasteiger partial charge in [0, 0.05) is 0 Å². The highest BCUT2D eigenvalue weighted by molar-refractivity contribution is 8.26. The summed E-state index contributed by atoms with van der Waals surface area (Å²) in [6, 6.07) is 8.18. The van der Waals surface area contributed by atoms with E-state index < -0.39 is 0 Å². The Morgan fingerprint density at radius 1 is 1.32 bits per heavy atom. The summed E-state index contributed by atoms with van der Waals surface area (Å²) in [7, 11) is 0. The van der Waals surface area contributed by atoms with Crippen molar-refractivity contribution in [3.05, 3.63) is 40.3 Å². The van der Waals surface area contributed by atoms with Crippen molar-refractivity contribution in [1.82, 2.24) is 4.90 Å². The monoisotopic (exact) mass is 333 g/mol. The highest BCUT2D eigenvalue weighted by atomic mass is 32.2. The van der Waals surface area contributed by atoms with Crippen molar-refractivity contribution in [3.63, 3.8) is 0 Å². The molecule has 3 rings (SSSR count). The summed E-state index contributed by atoms with van der Waals surface area (Å²) in [5.41, 5.74) is 2.26. The summed E-state index contributed by atoms with van der Waals surface area (Å²) in [6.45, 7) is 5.07. The number of benzene rings is 1. The van der Waals surface area contributed by atoms with Crippen LogP contribution in [0.4, 0.5) is 0 Å². The molecule has 0 radical (unpaired) electrons. The van der Waals surface area contributed by atoms with Gasteiger partial charge in [0.15, 0.2) is 11.0 Å². The molecule has 0 aliphatic carbocycles. The number of piperidine rings is 1. The molecule has 22 heavy (non-hydrogen) atoms. The third-order valence-electron chi connectivity index (χ3n) is 4.16. The van der Waals surface area contributed by atoms with Gasteiger partial charge in [0.2, 0.25) is 0 Å². The van der Waals surface area contributed by atoms with Crippen LogP contribution in [-0.4, -0.2) is 34.9 Å². The van der Waals surface area contributed by atoms with E-state index in [1.165, 1.54) is 41.5 Å². The molecule has 0 spiro atoms. The minimum atomic E-state index is 0.0644. The number of amides is 1. The van der Waals surface area contributed by atoms with Crippen molar-refractivity contribution in [3.8, 4) is 0 Å². The number of rotatable bonds is 3. The number of aryl methyl sites for hydroxylation is 1. The minimum absolute atomic E-state index is 0.0644. The van der Waals surface area contributed by atoms with E-state index in [9.17, 15) is 4.79 Å². The Morgan fingerprint density at radius 3 is 2.82 bits per heavy atom. The van der Waals surface area contributed by atoms with Gasteiger partial charge >= 0.3 is 0 Å². The largest absolute Gasteiger partial charge is 0.317 e. The first kappa shape index (κ1) is 15.7. The number of hydrogen-bond donors (Lipinski definition) is 1. The molecule has 5 heteroatoms. The van der Waals surface area contributed by atoms with Crippen LogP contribution in [0.25, 0.3) is 6.08 Å². The van der Waals surface area contributed by atoms with Gasteiger partial charge in [0.1, 0.15) is 0 Å². The maximum Gasteiger partial charge on any atom is 0.270 e. The second-order valence-corrected chi connectivity index (χ2v) is 7.67. The minimum Gasteiger partial charge on any atom is -0.317 e. The van der Waals surface area contributed by atoms with E-state index >= 15 is 0 Å². The van der Waals surface area contributed by atoms with Crippen LogP contribution in [0, 0.1) is 6.92 Å². The zero-order valence-electron chi connectivity index (χ0n) is 12.8. The number of carbonyl (C=O) groups excluding carboxylic acids is 1. The van der Waals surface area contributed by atoms with Gasteiger partial charge < -0.3 is 4.90 Å². The van der Waals surface area contributed by atoms with Gasteiger partial charge in [0.05, 0.1) is 18.0 Å². The van der Waals surface area contributed by atoms with Gasteiger partial charge in [-0.1, -0.05) is 53.8 Å². The molecule has 116 valence electrons. The number of likely N-dealkylation sites (tertiary alicyclic amines) is 1. The summed E-state index contributed by atoms with van der Waals surface area (Å²) < 4.78 is 0.696. The number of quaternary nitrogens is 1. The van der Waals surface area contributed by atoms with E-state index in [2.05, 4.69) is 19.1 Å². The van der Waals surface area contributed by atoms with Crippen LogP contribution in [0.15, 0.2) is 29.2 Å². The molecule has 2 aliphatic heterocycles. The molecule has 0 saturated carbocycles. The highest BCUT2D eigenvalue weighted by Gasteiger charge is 2.34. The summed E-state index contributed by atoms with van der Waals surface area (Å²) in [5.74, 6) is 0.0644. The van der Waals surface area contributed by atoms with E-state index in [0.29, 0.717) is 4.32 Å². The van der Waals surface area contributed by atoms with Gasteiger partial charge in [-0.2, -0.15) is 0 Å². The first-order valence-corrected chi connectivity index (χ1v) is 9.01. The molecule has 2 aliphatic rings. The van der Waals surface area contributed by atoms with Crippen LogP contribution in [0.5, 0.6) is 0 Å². The lowest BCUT2D eigenvalue weighted by Crippen LogP contribution is -3.14. The van der Waals surface area contributed by atoms with Gasteiger partial charge in [0.25, 0.3) is 5.91 Å². The molecule has 0 aromatic heterocycles. The van der Waals surface area contributed by atoms with E-state index in [1.807, 2.05) is 18.2 Å². The van der Waals surface area contributed by atoms with Crippen molar-refractivity contribution in [2.75, 3.05) is 19.8 Å². The Hall–Kier alpha value is -1.17. The molecule has 1 N–H and O–H groups in total. The van der Waals surface area contributed by atoms with E-state index in [4.69, 9.17) is 12.2 Å². The average Bonchev–Trinajstić information content (AvgIpc) is 2.76. The van der Waals surface area contributed by atoms with Gasteiger partial charge in [-0.25, -0.2) is 4.90 Å². The quantitative estimate of drug-likeness (QED) is 0.678. The average molecular weight is 334 g/mol. The molecule has 3 nitrogen and oxygen atoms in total. The smallest absolute Gasteiger partial charge is 0.270 e. The van der Waals surface area contributed by atoms with E-state index in [0.717, 1.165) is 30.2 Å². The molecule has 1 amide bonds. The van der Waals surface area contributed by atoms with Crippen LogP contribution in [0.2, 0.25) is 0 Å². The molecule has 0 atom stereocenters. The predicted octanol–water partition coefficient (Wildman–Crippen LogP) is 2.22. The summed E-state index contributed by atoms with van der Waals surface area (Å²) in [5, 5.41) is 0. The fourth-order valence-electron chi connectivity index (χ4n) is 2.98. The van der Waals surface area contributed by atoms with E-state index in [1.54, 1.807) is 4.90 Å². The number of hydrogen-bond acceptors (Lipinski definition) is 3. The molecule has 0 bridgehead atoms. The molecule has 0 unspecified atom stereocenters. The van der Waals surface area contributed by atoms with Gasteiger partial charge in [-0.3, -0.25) is 4.79 Å². The number of nitrogens with zero attached hydrogens (tertiary/aromatic N) is 1. The Bertz CT molecular complexity index is 621. The first-order valence-electron chi connectivity index (χ1n) is 7.79. The SMILES string of the molecule is Cc1cccc(/C=C2/SC(=S)N(C[NH+]3CCCCC3)C2=O)c1. The first-order chi connectivity index (χ1) is 10.6. The summed E-state index contributed by atoms with van der Waals surface area (Å²) in [4.78, 5) is 16.6. The maximum absolute atomic E-state index is 12.6. The van der Waals surface area contributed by atoms with Gasteiger partial charge in [-0.15, -0.1) is 0 Å². The molecule has 1 aromatic rings. The van der Waals surface area contributed by atoms with Crippen molar-refractivity contribution >= 4 is 40.3 Å². The number of carbonyl (C=O) groups is 1. The standard InChI is InChI=1S/C17H20N2OS2/c1-13-6-5-7-14(10-13)11-15-16(20)19(17(21)22-15)12-18-8-3-2-4-9-18/h5-7,10-11H,2-4,8-9,12H2,1H3/p+1/b15-11+. The fraction of sp³-hybridized carbons (Fsp3) is 0.412. The predicted molar refractivity (Wildman–Crippen MR) is 95.6 cm³/mol.